The van der Waals surface area contributed by atoms with Gasteiger partial charge in [0.15, 0.2) is 5.69 Å². The van der Waals surface area contributed by atoms with Crippen molar-refractivity contribution in [2.75, 3.05) is 5.32 Å². The van der Waals surface area contributed by atoms with Gasteiger partial charge in [-0.2, -0.15) is 5.26 Å². The van der Waals surface area contributed by atoms with Gasteiger partial charge < -0.3 is 5.32 Å². The van der Waals surface area contributed by atoms with Crippen LogP contribution in [0, 0.1) is 11.3 Å². The Morgan fingerprint density at radius 1 is 1.30 bits per heavy atom. The van der Waals surface area contributed by atoms with Gasteiger partial charge in [-0.3, -0.25) is 0 Å². The minimum absolute atomic E-state index is 0.319. The number of halogens is 1. The fourth-order valence-corrected chi connectivity index (χ4v) is 3.32. The molecule has 4 nitrogen and oxygen atoms in total. The Morgan fingerprint density at radius 2 is 2.15 bits per heavy atom. The summed E-state index contributed by atoms with van der Waals surface area (Å²) in [6, 6.07) is 11.8. The number of fused-ring (bicyclic) bond motifs is 1. The summed E-state index contributed by atoms with van der Waals surface area (Å²) < 4.78 is 1.07. The molecule has 1 N–H and O–H groups in total. The van der Waals surface area contributed by atoms with Crippen LogP contribution in [0.3, 0.4) is 0 Å². The van der Waals surface area contributed by atoms with Crippen LogP contribution in [-0.2, 0) is 6.54 Å². The van der Waals surface area contributed by atoms with E-state index in [9.17, 15) is 5.26 Å². The molecular formula is C14H9BrN4S. The van der Waals surface area contributed by atoms with Crippen LogP contribution in [0.2, 0.25) is 0 Å². The van der Waals surface area contributed by atoms with Gasteiger partial charge in [0.05, 0.1) is 11.2 Å². The zero-order valence-corrected chi connectivity index (χ0v) is 12.7. The largest absolute Gasteiger partial charge is 0.377 e. The molecule has 0 aliphatic rings. The zero-order valence-electron chi connectivity index (χ0n) is 10.3. The summed E-state index contributed by atoms with van der Waals surface area (Å²) in [6.07, 6.45) is 0. The highest BCUT2D eigenvalue weighted by Gasteiger charge is 2.10. The Balaban J connectivity index is 1.98. The van der Waals surface area contributed by atoms with E-state index in [-0.39, 0.29) is 0 Å². The summed E-state index contributed by atoms with van der Waals surface area (Å²) in [6.45, 7) is 0.653. The number of nitriles is 1. The van der Waals surface area contributed by atoms with Crippen LogP contribution in [0.4, 0.5) is 5.69 Å². The molecule has 1 aromatic carbocycles. The second-order valence-electron chi connectivity index (χ2n) is 4.14. The maximum atomic E-state index is 9.18. The molecule has 0 unspecified atom stereocenters. The van der Waals surface area contributed by atoms with E-state index in [2.05, 4.69) is 43.6 Å². The summed E-state index contributed by atoms with van der Waals surface area (Å²) in [4.78, 5) is 1.18. The summed E-state index contributed by atoms with van der Waals surface area (Å²) in [5.74, 6) is 0. The third kappa shape index (κ3) is 2.50. The highest BCUT2D eigenvalue weighted by molar-refractivity contribution is 9.10. The first-order valence-corrected chi connectivity index (χ1v) is 7.57. The van der Waals surface area contributed by atoms with E-state index in [1.54, 1.807) is 11.3 Å². The van der Waals surface area contributed by atoms with Crippen molar-refractivity contribution in [3.05, 3.63) is 50.8 Å². The number of nitrogens with one attached hydrogen (secondary N) is 1. The maximum absolute atomic E-state index is 9.18. The second kappa shape index (κ2) is 5.57. The molecule has 0 aliphatic heterocycles. The van der Waals surface area contributed by atoms with Crippen molar-refractivity contribution in [3.8, 4) is 6.07 Å². The number of benzene rings is 1. The summed E-state index contributed by atoms with van der Waals surface area (Å²) in [5.41, 5.74) is 1.84. The maximum Gasteiger partial charge on any atom is 0.186 e. The van der Waals surface area contributed by atoms with Crippen molar-refractivity contribution < 1.29 is 0 Å². The number of anilines is 1. The van der Waals surface area contributed by atoms with Crippen LogP contribution in [0.1, 0.15) is 10.6 Å². The normalized spacial score (nSPS) is 10.4. The number of thiophene rings is 1. The third-order valence-corrected chi connectivity index (χ3v) is 4.53. The molecule has 0 atom stereocenters. The van der Waals surface area contributed by atoms with Gasteiger partial charge in [0, 0.05) is 26.7 Å². The molecule has 98 valence electrons. The Kier molecular flexibility index (Phi) is 3.63. The molecule has 0 spiro atoms. The molecule has 2 heterocycles. The van der Waals surface area contributed by atoms with Crippen molar-refractivity contribution in [3.63, 3.8) is 0 Å². The highest BCUT2D eigenvalue weighted by Crippen LogP contribution is 2.26. The van der Waals surface area contributed by atoms with Crippen LogP contribution < -0.4 is 5.32 Å². The smallest absolute Gasteiger partial charge is 0.186 e. The molecule has 0 saturated heterocycles. The van der Waals surface area contributed by atoms with Crippen molar-refractivity contribution in [2.24, 2.45) is 0 Å². The van der Waals surface area contributed by atoms with Gasteiger partial charge in [-0.05, 0) is 28.1 Å². The predicted octanol–water partition coefficient (Wildman–Crippen LogP) is 3.94. The van der Waals surface area contributed by atoms with E-state index in [0.29, 0.717) is 12.2 Å². The minimum Gasteiger partial charge on any atom is -0.377 e. The topological polar surface area (TPSA) is 61.6 Å². The lowest BCUT2D eigenvalue weighted by atomic mass is 10.1. The molecule has 0 bridgehead atoms. The lowest BCUT2D eigenvalue weighted by Gasteiger charge is -2.09. The van der Waals surface area contributed by atoms with E-state index in [0.717, 1.165) is 21.1 Å². The number of aromatic nitrogens is 2. The van der Waals surface area contributed by atoms with Crippen LogP contribution in [0.25, 0.3) is 10.9 Å². The summed E-state index contributed by atoms with van der Waals surface area (Å²) in [5, 5.41) is 23.4. The molecule has 0 saturated carbocycles. The minimum atomic E-state index is 0.319. The number of rotatable bonds is 3. The third-order valence-electron chi connectivity index (χ3n) is 2.83. The van der Waals surface area contributed by atoms with E-state index < -0.39 is 0 Å². The fourth-order valence-electron chi connectivity index (χ4n) is 1.93. The monoisotopic (exact) mass is 344 g/mol. The SMILES string of the molecule is N#Cc1nnc2ccccc2c1NCc1cc(Br)cs1. The lowest BCUT2D eigenvalue weighted by Crippen LogP contribution is -2.03. The summed E-state index contributed by atoms with van der Waals surface area (Å²) in [7, 11) is 0. The molecule has 3 aromatic rings. The molecule has 0 radical (unpaired) electrons. The van der Waals surface area contributed by atoms with Crippen LogP contribution in [-0.4, -0.2) is 10.2 Å². The van der Waals surface area contributed by atoms with E-state index >= 15 is 0 Å². The number of nitrogens with zero attached hydrogens (tertiary/aromatic N) is 3. The van der Waals surface area contributed by atoms with Gasteiger partial charge >= 0.3 is 0 Å². The molecule has 6 heteroatoms. The van der Waals surface area contributed by atoms with Crippen molar-refractivity contribution in [2.45, 2.75) is 6.54 Å². The van der Waals surface area contributed by atoms with E-state index in [1.165, 1.54) is 4.88 Å². The molecule has 0 amide bonds. The van der Waals surface area contributed by atoms with Gasteiger partial charge in [-0.15, -0.1) is 21.5 Å². The molecule has 0 fully saturated rings. The molecule has 3 rings (SSSR count). The van der Waals surface area contributed by atoms with Gasteiger partial charge in [0.25, 0.3) is 0 Å². The zero-order chi connectivity index (χ0) is 13.9. The van der Waals surface area contributed by atoms with Crippen molar-refractivity contribution in [1.29, 1.82) is 5.26 Å². The predicted molar refractivity (Wildman–Crippen MR) is 83.6 cm³/mol. The molecule has 2 aromatic heterocycles. The second-order valence-corrected chi connectivity index (χ2v) is 6.05. The fraction of sp³-hybridized carbons (Fsp3) is 0.0714. The first-order valence-electron chi connectivity index (χ1n) is 5.90. The van der Waals surface area contributed by atoms with Crippen molar-refractivity contribution in [1.82, 2.24) is 10.2 Å². The van der Waals surface area contributed by atoms with Gasteiger partial charge in [-0.1, -0.05) is 18.2 Å². The Morgan fingerprint density at radius 3 is 2.90 bits per heavy atom. The Hall–Kier alpha value is -1.97. The Bertz CT molecular complexity index is 806. The number of hydrogen-bond donors (Lipinski definition) is 1. The molecule has 0 aliphatic carbocycles. The molecular weight excluding hydrogens is 336 g/mol. The standard InChI is InChI=1S/C14H9BrN4S/c15-9-5-10(20-8-9)7-17-14-11-3-1-2-4-12(11)18-19-13(14)6-16/h1-5,8H,7H2,(H,17,18). The van der Waals surface area contributed by atoms with Crippen LogP contribution >= 0.6 is 27.3 Å². The first-order chi connectivity index (χ1) is 9.78. The van der Waals surface area contributed by atoms with E-state index in [1.807, 2.05) is 29.6 Å². The highest BCUT2D eigenvalue weighted by atomic mass is 79.9. The van der Waals surface area contributed by atoms with Gasteiger partial charge in [0.1, 0.15) is 6.07 Å². The first kappa shape index (κ1) is 13.0. The number of hydrogen-bond acceptors (Lipinski definition) is 5. The summed E-state index contributed by atoms with van der Waals surface area (Å²) >= 11 is 5.09. The van der Waals surface area contributed by atoms with Gasteiger partial charge in [-0.25, -0.2) is 0 Å². The van der Waals surface area contributed by atoms with E-state index in [4.69, 9.17) is 0 Å². The van der Waals surface area contributed by atoms with Crippen LogP contribution in [0.15, 0.2) is 40.2 Å². The quantitative estimate of drug-likeness (QED) is 0.781. The average Bonchev–Trinajstić information content (AvgIpc) is 2.90. The van der Waals surface area contributed by atoms with Crippen molar-refractivity contribution >= 4 is 43.9 Å². The van der Waals surface area contributed by atoms with Crippen LogP contribution in [0.5, 0.6) is 0 Å². The van der Waals surface area contributed by atoms with Gasteiger partial charge in [0.2, 0.25) is 0 Å². The lowest BCUT2D eigenvalue weighted by molar-refractivity contribution is 1.04. The Labute approximate surface area is 128 Å². The molecule has 20 heavy (non-hydrogen) atoms. The average molecular weight is 345 g/mol.